The standard InChI is InChI=1S/C28H27N3O3/c1-2-33-27-17-22(15-16-26(27)34-20-21-9-4-3-5-10-21)18-30-31-28(32)19-29-25-14-8-12-23-11-6-7-13-24(23)25/h3-18,29H,2,19-20H2,1H3,(H,31,32). The maximum absolute atomic E-state index is 12.3. The van der Waals surface area contributed by atoms with Crippen molar-refractivity contribution in [2.75, 3.05) is 18.5 Å². The van der Waals surface area contributed by atoms with Crippen molar-refractivity contribution in [2.45, 2.75) is 13.5 Å². The molecule has 0 spiro atoms. The van der Waals surface area contributed by atoms with Gasteiger partial charge in [0.1, 0.15) is 6.61 Å². The molecule has 0 unspecified atom stereocenters. The highest BCUT2D eigenvalue weighted by Gasteiger charge is 2.07. The van der Waals surface area contributed by atoms with E-state index < -0.39 is 0 Å². The van der Waals surface area contributed by atoms with Crippen LogP contribution in [0.1, 0.15) is 18.1 Å². The smallest absolute Gasteiger partial charge is 0.259 e. The van der Waals surface area contributed by atoms with Crippen LogP contribution in [0, 0.1) is 0 Å². The van der Waals surface area contributed by atoms with Crippen LogP contribution in [0.5, 0.6) is 11.5 Å². The summed E-state index contributed by atoms with van der Waals surface area (Å²) in [5, 5.41) is 9.44. The maximum atomic E-state index is 12.3. The van der Waals surface area contributed by atoms with Crippen molar-refractivity contribution in [1.82, 2.24) is 5.43 Å². The molecule has 4 rings (SSSR count). The molecule has 4 aromatic carbocycles. The number of benzene rings is 4. The van der Waals surface area contributed by atoms with E-state index >= 15 is 0 Å². The summed E-state index contributed by atoms with van der Waals surface area (Å²) in [5.41, 5.74) is 5.33. The fourth-order valence-electron chi connectivity index (χ4n) is 3.50. The van der Waals surface area contributed by atoms with Crippen molar-refractivity contribution in [3.8, 4) is 11.5 Å². The number of carbonyl (C=O) groups is 1. The van der Waals surface area contributed by atoms with E-state index in [1.807, 2.05) is 97.9 Å². The van der Waals surface area contributed by atoms with Crippen LogP contribution in [0.2, 0.25) is 0 Å². The van der Waals surface area contributed by atoms with E-state index in [1.54, 1.807) is 6.21 Å². The summed E-state index contributed by atoms with van der Waals surface area (Å²) in [6, 6.07) is 29.5. The molecule has 0 heterocycles. The van der Waals surface area contributed by atoms with Gasteiger partial charge in [-0.25, -0.2) is 5.43 Å². The second-order valence-electron chi connectivity index (χ2n) is 7.59. The first kappa shape index (κ1) is 22.9. The molecule has 0 bridgehead atoms. The van der Waals surface area contributed by atoms with Crippen molar-refractivity contribution < 1.29 is 14.3 Å². The molecule has 0 saturated heterocycles. The number of nitrogens with one attached hydrogen (secondary N) is 2. The van der Waals surface area contributed by atoms with E-state index in [0.717, 1.165) is 27.6 Å². The molecule has 0 atom stereocenters. The van der Waals surface area contributed by atoms with Crippen molar-refractivity contribution in [3.05, 3.63) is 102 Å². The van der Waals surface area contributed by atoms with Gasteiger partial charge in [-0.15, -0.1) is 0 Å². The molecule has 2 N–H and O–H groups in total. The first-order valence-electron chi connectivity index (χ1n) is 11.2. The summed E-state index contributed by atoms with van der Waals surface area (Å²) in [6.45, 7) is 3.00. The molecule has 0 aliphatic heterocycles. The predicted octanol–water partition coefficient (Wildman–Crippen LogP) is 5.38. The Kier molecular flexibility index (Phi) is 7.74. The average molecular weight is 454 g/mol. The number of ether oxygens (including phenoxy) is 2. The van der Waals surface area contributed by atoms with Crippen LogP contribution in [-0.2, 0) is 11.4 Å². The average Bonchev–Trinajstić information content (AvgIpc) is 2.88. The van der Waals surface area contributed by atoms with Gasteiger partial charge < -0.3 is 14.8 Å². The Morgan fingerprint density at radius 1 is 0.882 bits per heavy atom. The Balaban J connectivity index is 1.33. The molecule has 0 aliphatic rings. The number of fused-ring (bicyclic) bond motifs is 1. The largest absolute Gasteiger partial charge is 0.490 e. The number of hydrogen-bond acceptors (Lipinski definition) is 5. The van der Waals surface area contributed by atoms with Crippen LogP contribution in [0.3, 0.4) is 0 Å². The van der Waals surface area contributed by atoms with Crippen LogP contribution in [-0.4, -0.2) is 25.3 Å². The highest BCUT2D eigenvalue weighted by molar-refractivity contribution is 5.95. The molecule has 172 valence electrons. The van der Waals surface area contributed by atoms with Crippen LogP contribution >= 0.6 is 0 Å². The number of anilines is 1. The lowest BCUT2D eigenvalue weighted by atomic mass is 10.1. The fraction of sp³-hybridized carbons (Fsp3) is 0.143. The molecule has 0 aromatic heterocycles. The second kappa shape index (κ2) is 11.5. The zero-order valence-electron chi connectivity index (χ0n) is 19.0. The maximum Gasteiger partial charge on any atom is 0.259 e. The number of nitrogens with zero attached hydrogens (tertiary/aromatic N) is 1. The highest BCUT2D eigenvalue weighted by Crippen LogP contribution is 2.29. The SMILES string of the molecule is CCOc1cc(C=NNC(=O)CNc2cccc3ccccc23)ccc1OCc1ccccc1. The number of carbonyl (C=O) groups excluding carboxylic acids is 1. The molecule has 6 nitrogen and oxygen atoms in total. The molecular weight excluding hydrogens is 426 g/mol. The number of hydrogen-bond donors (Lipinski definition) is 2. The molecule has 1 amide bonds. The van der Waals surface area contributed by atoms with Crippen molar-refractivity contribution in [1.29, 1.82) is 0 Å². The zero-order valence-corrected chi connectivity index (χ0v) is 19.0. The lowest BCUT2D eigenvalue weighted by Crippen LogP contribution is -2.25. The Bertz CT molecular complexity index is 1270. The summed E-state index contributed by atoms with van der Waals surface area (Å²) >= 11 is 0. The van der Waals surface area contributed by atoms with Crippen LogP contribution in [0.4, 0.5) is 5.69 Å². The quantitative estimate of drug-likeness (QED) is 0.250. The summed E-state index contributed by atoms with van der Waals surface area (Å²) in [7, 11) is 0. The van der Waals surface area contributed by atoms with E-state index in [1.165, 1.54) is 0 Å². The van der Waals surface area contributed by atoms with Gasteiger partial charge in [0.2, 0.25) is 0 Å². The van der Waals surface area contributed by atoms with Gasteiger partial charge in [0.15, 0.2) is 11.5 Å². The lowest BCUT2D eigenvalue weighted by Gasteiger charge is -2.12. The molecule has 0 aliphatic carbocycles. The third-order valence-corrected chi connectivity index (χ3v) is 5.14. The van der Waals surface area contributed by atoms with Gasteiger partial charge in [0, 0.05) is 11.1 Å². The van der Waals surface area contributed by atoms with Gasteiger partial charge in [-0.1, -0.05) is 66.7 Å². The molecular formula is C28H27N3O3. The van der Waals surface area contributed by atoms with Gasteiger partial charge in [0.25, 0.3) is 5.91 Å². The Hall–Kier alpha value is -4.32. The van der Waals surface area contributed by atoms with Crippen molar-refractivity contribution in [2.24, 2.45) is 5.10 Å². The monoisotopic (exact) mass is 453 g/mol. The van der Waals surface area contributed by atoms with E-state index in [9.17, 15) is 4.79 Å². The topological polar surface area (TPSA) is 72.0 Å². The fourth-order valence-corrected chi connectivity index (χ4v) is 3.50. The number of rotatable bonds is 10. The molecule has 6 heteroatoms. The predicted molar refractivity (Wildman–Crippen MR) is 137 cm³/mol. The van der Waals surface area contributed by atoms with E-state index in [-0.39, 0.29) is 12.5 Å². The zero-order chi connectivity index (χ0) is 23.6. The van der Waals surface area contributed by atoms with Crippen LogP contribution in [0.15, 0.2) is 96.1 Å². The number of hydrazone groups is 1. The minimum atomic E-state index is -0.239. The van der Waals surface area contributed by atoms with Crippen LogP contribution in [0.25, 0.3) is 10.8 Å². The van der Waals surface area contributed by atoms with Crippen molar-refractivity contribution in [3.63, 3.8) is 0 Å². The van der Waals surface area contributed by atoms with E-state index in [0.29, 0.717) is 24.7 Å². The molecule has 0 fully saturated rings. The third-order valence-electron chi connectivity index (χ3n) is 5.14. The molecule has 0 saturated carbocycles. The summed E-state index contributed by atoms with van der Waals surface area (Å²) in [6.07, 6.45) is 1.58. The first-order valence-corrected chi connectivity index (χ1v) is 11.2. The van der Waals surface area contributed by atoms with Gasteiger partial charge in [0.05, 0.1) is 19.4 Å². The van der Waals surface area contributed by atoms with Crippen LogP contribution < -0.4 is 20.2 Å². The molecule has 4 aromatic rings. The Morgan fingerprint density at radius 3 is 2.53 bits per heavy atom. The van der Waals surface area contributed by atoms with E-state index in [4.69, 9.17) is 9.47 Å². The minimum absolute atomic E-state index is 0.113. The Morgan fingerprint density at radius 2 is 1.68 bits per heavy atom. The van der Waals surface area contributed by atoms with E-state index in [2.05, 4.69) is 15.8 Å². The third kappa shape index (κ3) is 6.13. The van der Waals surface area contributed by atoms with Gasteiger partial charge >= 0.3 is 0 Å². The summed E-state index contributed by atoms with van der Waals surface area (Å²) in [5.74, 6) is 1.05. The second-order valence-corrected chi connectivity index (χ2v) is 7.59. The first-order chi connectivity index (χ1) is 16.7. The lowest BCUT2D eigenvalue weighted by molar-refractivity contribution is -0.119. The Labute approximate surface area is 199 Å². The molecule has 34 heavy (non-hydrogen) atoms. The molecule has 0 radical (unpaired) electrons. The summed E-state index contributed by atoms with van der Waals surface area (Å²) < 4.78 is 11.7. The van der Waals surface area contributed by atoms with Gasteiger partial charge in [-0.3, -0.25) is 4.79 Å². The summed E-state index contributed by atoms with van der Waals surface area (Å²) in [4.78, 5) is 12.3. The minimum Gasteiger partial charge on any atom is -0.490 e. The van der Waals surface area contributed by atoms with Gasteiger partial charge in [-0.2, -0.15) is 5.10 Å². The number of amides is 1. The highest BCUT2D eigenvalue weighted by atomic mass is 16.5. The van der Waals surface area contributed by atoms with Crippen molar-refractivity contribution >= 4 is 28.6 Å². The van der Waals surface area contributed by atoms with Gasteiger partial charge in [-0.05, 0) is 47.7 Å². The normalized spacial score (nSPS) is 10.9.